The van der Waals surface area contributed by atoms with Gasteiger partial charge in [-0.1, -0.05) is 63.4 Å². The van der Waals surface area contributed by atoms with Crippen LogP contribution in [-0.4, -0.2) is 37.8 Å². The molecule has 128 valence electrons. The lowest BCUT2D eigenvalue weighted by Crippen LogP contribution is -2.36. The zero-order chi connectivity index (χ0) is 18.0. The molecule has 2 heterocycles. The van der Waals surface area contributed by atoms with E-state index in [2.05, 4.69) is 31.4 Å². The van der Waals surface area contributed by atoms with Gasteiger partial charge >= 0.3 is 0 Å². The molecule has 2 amide bonds. The number of hydrogen-bond acceptors (Lipinski definition) is 7. The van der Waals surface area contributed by atoms with Crippen molar-refractivity contribution in [2.24, 2.45) is 0 Å². The van der Waals surface area contributed by atoms with Crippen LogP contribution in [0.5, 0.6) is 0 Å². The lowest BCUT2D eigenvalue weighted by atomic mass is 10.2. The summed E-state index contributed by atoms with van der Waals surface area (Å²) in [5.74, 6) is -0.644. The highest BCUT2D eigenvalue weighted by atomic mass is 79.9. The van der Waals surface area contributed by atoms with Gasteiger partial charge in [-0.25, -0.2) is 0 Å². The monoisotopic (exact) mass is 454 g/mol. The summed E-state index contributed by atoms with van der Waals surface area (Å²) in [4.78, 5) is 26.4. The highest BCUT2D eigenvalue weighted by molar-refractivity contribution is 9.10. The average molecular weight is 455 g/mol. The Kier molecular flexibility index (Phi) is 5.62. The van der Waals surface area contributed by atoms with E-state index in [0.717, 1.165) is 15.0 Å². The van der Waals surface area contributed by atoms with Crippen LogP contribution >= 0.6 is 51.2 Å². The fraction of sp³-hybridized carbons (Fsp3) is 0.133. The van der Waals surface area contributed by atoms with Crippen LogP contribution in [0.25, 0.3) is 6.08 Å². The second kappa shape index (κ2) is 7.73. The van der Waals surface area contributed by atoms with E-state index < -0.39 is 0 Å². The number of thioether (sulfide) groups is 1. The van der Waals surface area contributed by atoms with Crippen molar-refractivity contribution in [3.05, 3.63) is 44.2 Å². The van der Waals surface area contributed by atoms with Gasteiger partial charge in [-0.15, -0.1) is 10.2 Å². The Balaban J connectivity index is 1.69. The number of nitrogens with one attached hydrogen (secondary N) is 1. The molecule has 2 aromatic rings. The van der Waals surface area contributed by atoms with Crippen molar-refractivity contribution in [2.75, 3.05) is 11.9 Å². The van der Waals surface area contributed by atoms with E-state index in [1.807, 2.05) is 24.3 Å². The number of aromatic nitrogens is 2. The first-order chi connectivity index (χ1) is 11.9. The number of carbonyl (C=O) groups excluding carboxylic acids is 2. The molecule has 25 heavy (non-hydrogen) atoms. The van der Waals surface area contributed by atoms with Crippen LogP contribution in [0.4, 0.5) is 5.13 Å². The molecule has 1 fully saturated rings. The van der Waals surface area contributed by atoms with Crippen LogP contribution in [0.3, 0.4) is 0 Å². The molecule has 1 saturated heterocycles. The molecule has 0 spiro atoms. The quantitative estimate of drug-likeness (QED) is 0.563. The normalized spacial score (nSPS) is 15.9. The number of nitrogens with zero attached hydrogens (tertiary/aromatic N) is 3. The first kappa shape index (κ1) is 18.2. The van der Waals surface area contributed by atoms with Crippen molar-refractivity contribution < 1.29 is 9.59 Å². The van der Waals surface area contributed by atoms with Crippen molar-refractivity contribution in [3.8, 4) is 0 Å². The summed E-state index contributed by atoms with van der Waals surface area (Å²) in [6.45, 7) is 1.64. The summed E-state index contributed by atoms with van der Waals surface area (Å²) >= 11 is 11.1. The van der Waals surface area contributed by atoms with E-state index in [-0.39, 0.29) is 18.4 Å². The van der Waals surface area contributed by atoms with Crippen molar-refractivity contribution in [2.45, 2.75) is 6.92 Å². The van der Waals surface area contributed by atoms with Crippen LogP contribution in [0, 0.1) is 6.92 Å². The largest absolute Gasteiger partial charge is 0.299 e. The van der Waals surface area contributed by atoms with E-state index in [4.69, 9.17) is 12.2 Å². The average Bonchev–Trinajstić information content (AvgIpc) is 3.06. The van der Waals surface area contributed by atoms with Crippen LogP contribution in [0.1, 0.15) is 10.6 Å². The SMILES string of the molecule is Cc1nnc(NC(=O)CN2C(=O)/C(=C/c3cccc(Br)c3)SC2=S)s1. The van der Waals surface area contributed by atoms with Crippen molar-refractivity contribution in [1.82, 2.24) is 15.1 Å². The van der Waals surface area contributed by atoms with Gasteiger partial charge in [0.2, 0.25) is 11.0 Å². The molecule has 0 radical (unpaired) electrons. The third-order valence-electron chi connectivity index (χ3n) is 3.09. The predicted octanol–water partition coefficient (Wildman–Crippen LogP) is 3.45. The van der Waals surface area contributed by atoms with Gasteiger partial charge in [0.1, 0.15) is 15.9 Å². The number of carbonyl (C=O) groups is 2. The third-order valence-corrected chi connectivity index (χ3v) is 5.72. The number of aryl methyl sites for hydroxylation is 1. The molecular weight excluding hydrogens is 444 g/mol. The van der Waals surface area contributed by atoms with E-state index >= 15 is 0 Å². The molecule has 1 aliphatic heterocycles. The van der Waals surface area contributed by atoms with E-state index in [1.165, 1.54) is 28.0 Å². The molecule has 0 saturated carbocycles. The minimum atomic E-state index is -0.365. The number of hydrogen-bond donors (Lipinski definition) is 1. The highest BCUT2D eigenvalue weighted by Gasteiger charge is 2.33. The molecule has 10 heteroatoms. The fourth-order valence-corrected chi connectivity index (χ4v) is 4.31. The molecule has 1 aromatic carbocycles. The van der Waals surface area contributed by atoms with Crippen molar-refractivity contribution >= 4 is 78.6 Å². The molecule has 1 aromatic heterocycles. The van der Waals surface area contributed by atoms with Crippen molar-refractivity contribution in [1.29, 1.82) is 0 Å². The summed E-state index contributed by atoms with van der Waals surface area (Å²) in [6.07, 6.45) is 1.76. The minimum absolute atomic E-state index is 0.154. The molecule has 0 atom stereocenters. The number of halogens is 1. The minimum Gasteiger partial charge on any atom is -0.299 e. The smallest absolute Gasteiger partial charge is 0.266 e. The molecule has 3 rings (SSSR count). The van der Waals surface area contributed by atoms with E-state index in [9.17, 15) is 9.59 Å². The Morgan fingerprint density at radius 3 is 2.92 bits per heavy atom. The lowest BCUT2D eigenvalue weighted by Gasteiger charge is -2.13. The molecule has 1 aliphatic rings. The summed E-state index contributed by atoms with van der Waals surface area (Å²) < 4.78 is 1.28. The molecule has 0 bridgehead atoms. The second-order valence-corrected chi connectivity index (χ2v) is 8.77. The van der Waals surface area contributed by atoms with Crippen LogP contribution < -0.4 is 5.32 Å². The standard InChI is InChI=1S/C15H11BrN4O2S3/c1-8-18-19-14(24-8)17-12(21)7-20-13(22)11(25-15(20)23)6-9-3-2-4-10(16)5-9/h2-6H,7H2,1H3,(H,17,19,21)/b11-6-. The predicted molar refractivity (Wildman–Crippen MR) is 107 cm³/mol. The first-order valence-electron chi connectivity index (χ1n) is 7.03. The van der Waals surface area contributed by atoms with E-state index in [0.29, 0.717) is 14.4 Å². The zero-order valence-corrected chi connectivity index (χ0v) is 16.9. The molecule has 0 unspecified atom stereocenters. The Labute approximate surface area is 165 Å². The highest BCUT2D eigenvalue weighted by Crippen LogP contribution is 2.32. The second-order valence-electron chi connectivity index (χ2n) is 5.00. The van der Waals surface area contributed by atoms with Crippen LogP contribution in [0.2, 0.25) is 0 Å². The molecule has 0 aliphatic carbocycles. The number of rotatable bonds is 4. The Morgan fingerprint density at radius 2 is 2.24 bits per heavy atom. The van der Waals surface area contributed by atoms with Gasteiger partial charge in [-0.2, -0.15) is 0 Å². The van der Waals surface area contributed by atoms with Gasteiger partial charge < -0.3 is 0 Å². The Morgan fingerprint density at radius 1 is 1.44 bits per heavy atom. The Bertz CT molecular complexity index is 896. The molecule has 1 N–H and O–H groups in total. The van der Waals surface area contributed by atoms with Crippen LogP contribution in [0.15, 0.2) is 33.6 Å². The number of benzene rings is 1. The number of amides is 2. The zero-order valence-electron chi connectivity index (χ0n) is 12.9. The van der Waals surface area contributed by atoms with Crippen molar-refractivity contribution in [3.63, 3.8) is 0 Å². The number of anilines is 1. The molecule has 6 nitrogen and oxygen atoms in total. The first-order valence-corrected chi connectivity index (χ1v) is 9.87. The topological polar surface area (TPSA) is 75.2 Å². The van der Waals surface area contributed by atoms with Gasteiger partial charge in [0.05, 0.1) is 4.91 Å². The van der Waals surface area contributed by atoms with Gasteiger partial charge in [0.25, 0.3) is 5.91 Å². The lowest BCUT2D eigenvalue weighted by molar-refractivity contribution is -0.126. The summed E-state index contributed by atoms with van der Waals surface area (Å²) in [7, 11) is 0. The molecular formula is C15H11BrN4O2S3. The Hall–Kier alpha value is -1.62. The van der Waals surface area contributed by atoms with Gasteiger partial charge in [0, 0.05) is 4.47 Å². The maximum Gasteiger partial charge on any atom is 0.266 e. The van der Waals surface area contributed by atoms with E-state index in [1.54, 1.807) is 13.0 Å². The third kappa shape index (κ3) is 4.51. The summed E-state index contributed by atoms with van der Waals surface area (Å²) in [5, 5.41) is 11.4. The number of thiocarbonyl (C=S) groups is 1. The fourth-order valence-electron chi connectivity index (χ4n) is 2.03. The maximum atomic E-state index is 12.5. The van der Waals surface area contributed by atoms with Gasteiger partial charge in [0.15, 0.2) is 0 Å². The van der Waals surface area contributed by atoms with Crippen LogP contribution in [-0.2, 0) is 9.59 Å². The summed E-state index contributed by atoms with van der Waals surface area (Å²) in [5.41, 5.74) is 0.878. The maximum absolute atomic E-state index is 12.5. The van der Waals surface area contributed by atoms with Gasteiger partial charge in [-0.05, 0) is 30.7 Å². The summed E-state index contributed by atoms with van der Waals surface area (Å²) in [6, 6.07) is 7.58. The van der Waals surface area contributed by atoms with Gasteiger partial charge in [-0.3, -0.25) is 19.8 Å².